The monoisotopic (exact) mass is 417 g/mol. The third kappa shape index (κ3) is 6.49. The van der Waals surface area contributed by atoms with E-state index < -0.39 is 16.0 Å². The van der Waals surface area contributed by atoms with E-state index in [-0.39, 0.29) is 31.1 Å². The second-order valence-electron chi connectivity index (χ2n) is 5.10. The van der Waals surface area contributed by atoms with E-state index in [1.807, 2.05) is 0 Å². The lowest BCUT2D eigenvalue weighted by Crippen LogP contribution is -2.27. The Hall–Kier alpha value is -1.80. The molecule has 140 valence electrons. The van der Waals surface area contributed by atoms with Gasteiger partial charge in [0.25, 0.3) is 0 Å². The molecule has 26 heavy (non-hydrogen) atoms. The van der Waals surface area contributed by atoms with Crippen molar-refractivity contribution in [2.24, 2.45) is 0 Å². The number of sulfonamides is 1. The van der Waals surface area contributed by atoms with Crippen LogP contribution in [-0.2, 0) is 19.6 Å². The molecule has 0 amide bonds. The number of halogens is 2. The fourth-order valence-corrected chi connectivity index (χ4v) is 3.47. The molecule has 0 aromatic heterocycles. The summed E-state index contributed by atoms with van der Waals surface area (Å²) in [7, 11) is -3.73. The zero-order valence-electron chi connectivity index (χ0n) is 13.7. The van der Waals surface area contributed by atoms with Crippen molar-refractivity contribution in [3.05, 3.63) is 58.6 Å². The summed E-state index contributed by atoms with van der Waals surface area (Å²) in [5.41, 5.74) is 0. The molecule has 0 unspecified atom stereocenters. The van der Waals surface area contributed by atoms with E-state index in [0.29, 0.717) is 15.8 Å². The van der Waals surface area contributed by atoms with Crippen LogP contribution in [0.1, 0.15) is 6.42 Å². The Balaban J connectivity index is 1.68. The standard InChI is InChI=1S/C17H17Cl2NO5S/c18-13-4-3-5-14(12-13)26(22,23)20-9-8-17(21)25-11-10-24-16-7-2-1-6-15(16)19/h1-7,12,20H,8-11H2. The van der Waals surface area contributed by atoms with Crippen molar-refractivity contribution >= 4 is 39.2 Å². The molecular formula is C17H17Cl2NO5S. The molecule has 0 radical (unpaired) electrons. The third-order valence-corrected chi connectivity index (χ3v) is 5.17. The molecule has 0 saturated heterocycles. The first-order chi connectivity index (χ1) is 12.4. The lowest BCUT2D eigenvalue weighted by atomic mass is 10.3. The van der Waals surface area contributed by atoms with Crippen molar-refractivity contribution in [2.75, 3.05) is 19.8 Å². The molecule has 2 aromatic carbocycles. The van der Waals surface area contributed by atoms with Crippen LogP contribution in [0.3, 0.4) is 0 Å². The number of hydrogen-bond donors (Lipinski definition) is 1. The van der Waals surface area contributed by atoms with Crippen LogP contribution in [0.5, 0.6) is 5.75 Å². The second kappa shape index (κ2) is 9.78. The van der Waals surface area contributed by atoms with Crippen molar-refractivity contribution in [3.63, 3.8) is 0 Å². The van der Waals surface area contributed by atoms with Gasteiger partial charge in [0.2, 0.25) is 10.0 Å². The molecule has 9 heteroatoms. The zero-order valence-corrected chi connectivity index (χ0v) is 16.0. The molecule has 0 heterocycles. The summed E-state index contributed by atoms with van der Waals surface area (Å²) < 4.78 is 36.8. The molecule has 2 aromatic rings. The van der Waals surface area contributed by atoms with E-state index in [2.05, 4.69) is 4.72 Å². The Morgan fingerprint density at radius 3 is 2.54 bits per heavy atom. The highest BCUT2D eigenvalue weighted by Crippen LogP contribution is 2.22. The minimum absolute atomic E-state index is 0.0328. The number of para-hydroxylation sites is 1. The summed E-state index contributed by atoms with van der Waals surface area (Å²) in [5, 5.41) is 0.778. The Morgan fingerprint density at radius 2 is 1.81 bits per heavy atom. The van der Waals surface area contributed by atoms with Gasteiger partial charge in [-0.2, -0.15) is 0 Å². The highest BCUT2D eigenvalue weighted by molar-refractivity contribution is 7.89. The Bertz CT molecular complexity index is 858. The largest absolute Gasteiger partial charge is 0.488 e. The molecule has 0 atom stereocenters. The van der Waals surface area contributed by atoms with Crippen LogP contribution in [0.2, 0.25) is 10.0 Å². The molecule has 0 aliphatic carbocycles. The SMILES string of the molecule is O=C(CCNS(=O)(=O)c1cccc(Cl)c1)OCCOc1ccccc1Cl. The molecule has 0 spiro atoms. The van der Waals surface area contributed by atoms with Gasteiger partial charge in [-0.15, -0.1) is 0 Å². The summed E-state index contributed by atoms with van der Waals surface area (Å²) in [6.07, 6.45) is -0.105. The molecule has 0 bridgehead atoms. The van der Waals surface area contributed by atoms with Crippen molar-refractivity contribution in [3.8, 4) is 5.75 Å². The zero-order chi connectivity index (χ0) is 19.0. The Kier molecular flexibility index (Phi) is 7.71. The highest BCUT2D eigenvalue weighted by Gasteiger charge is 2.14. The third-order valence-electron chi connectivity index (χ3n) is 3.17. The van der Waals surface area contributed by atoms with Crippen molar-refractivity contribution in [2.45, 2.75) is 11.3 Å². The molecule has 0 aliphatic rings. The quantitative estimate of drug-likeness (QED) is 0.499. The normalized spacial score (nSPS) is 11.2. The van der Waals surface area contributed by atoms with Crippen molar-refractivity contribution < 1.29 is 22.7 Å². The van der Waals surface area contributed by atoms with E-state index >= 15 is 0 Å². The number of benzene rings is 2. The average Bonchev–Trinajstić information content (AvgIpc) is 2.60. The molecule has 6 nitrogen and oxygen atoms in total. The van der Waals surface area contributed by atoms with Crippen LogP contribution in [0.4, 0.5) is 0 Å². The lowest BCUT2D eigenvalue weighted by Gasteiger charge is -2.09. The van der Waals surface area contributed by atoms with Gasteiger partial charge in [-0.05, 0) is 30.3 Å². The first-order valence-electron chi connectivity index (χ1n) is 7.67. The maximum atomic E-state index is 12.1. The number of nitrogens with one attached hydrogen (secondary N) is 1. The second-order valence-corrected chi connectivity index (χ2v) is 7.72. The number of ether oxygens (including phenoxy) is 2. The number of hydrogen-bond acceptors (Lipinski definition) is 5. The van der Waals surface area contributed by atoms with Crippen molar-refractivity contribution in [1.29, 1.82) is 0 Å². The summed E-state index contributed by atoms with van der Waals surface area (Å²) >= 11 is 11.7. The van der Waals surface area contributed by atoms with Gasteiger partial charge in [-0.3, -0.25) is 4.79 Å². The van der Waals surface area contributed by atoms with Crippen LogP contribution in [0.25, 0.3) is 0 Å². The van der Waals surface area contributed by atoms with Gasteiger partial charge < -0.3 is 9.47 Å². The van der Waals surface area contributed by atoms with Gasteiger partial charge in [0.05, 0.1) is 16.3 Å². The maximum absolute atomic E-state index is 12.1. The van der Waals surface area contributed by atoms with Crippen LogP contribution in [0.15, 0.2) is 53.4 Å². The number of carbonyl (C=O) groups excluding carboxylic acids is 1. The van der Waals surface area contributed by atoms with Gasteiger partial charge in [0.1, 0.15) is 19.0 Å². The van der Waals surface area contributed by atoms with Gasteiger partial charge >= 0.3 is 5.97 Å². The molecule has 0 fully saturated rings. The summed E-state index contributed by atoms with van der Waals surface area (Å²) in [6, 6.07) is 12.8. The van der Waals surface area contributed by atoms with E-state index in [9.17, 15) is 13.2 Å². The summed E-state index contributed by atoms with van der Waals surface area (Å²) in [6.45, 7) is 0.0911. The predicted molar refractivity (Wildman–Crippen MR) is 99.2 cm³/mol. The minimum atomic E-state index is -3.73. The topological polar surface area (TPSA) is 81.7 Å². The molecule has 1 N–H and O–H groups in total. The summed E-state index contributed by atoms with van der Waals surface area (Å²) in [4.78, 5) is 11.7. The van der Waals surface area contributed by atoms with E-state index in [1.54, 1.807) is 30.3 Å². The van der Waals surface area contributed by atoms with Gasteiger partial charge in [0, 0.05) is 11.6 Å². The smallest absolute Gasteiger partial charge is 0.307 e. The first kappa shape index (κ1) is 20.5. The average molecular weight is 418 g/mol. The highest BCUT2D eigenvalue weighted by atomic mass is 35.5. The number of carbonyl (C=O) groups is 1. The van der Waals surface area contributed by atoms with Crippen LogP contribution in [-0.4, -0.2) is 34.1 Å². The van der Waals surface area contributed by atoms with E-state index in [0.717, 1.165) is 0 Å². The van der Waals surface area contributed by atoms with E-state index in [4.69, 9.17) is 32.7 Å². The Morgan fingerprint density at radius 1 is 1.04 bits per heavy atom. The first-order valence-corrected chi connectivity index (χ1v) is 9.90. The molecule has 0 aliphatic heterocycles. The predicted octanol–water partition coefficient (Wildman–Crippen LogP) is 3.28. The fraction of sp³-hybridized carbons (Fsp3) is 0.235. The number of rotatable bonds is 9. The van der Waals surface area contributed by atoms with Crippen LogP contribution in [0, 0.1) is 0 Å². The van der Waals surface area contributed by atoms with Crippen molar-refractivity contribution in [1.82, 2.24) is 4.72 Å². The van der Waals surface area contributed by atoms with Crippen LogP contribution >= 0.6 is 23.2 Å². The number of esters is 1. The fourth-order valence-electron chi connectivity index (χ4n) is 1.95. The summed E-state index contributed by atoms with van der Waals surface area (Å²) in [5.74, 6) is -0.0407. The Labute approximate surface area is 162 Å². The molecule has 0 saturated carbocycles. The minimum Gasteiger partial charge on any atom is -0.488 e. The van der Waals surface area contributed by atoms with E-state index in [1.165, 1.54) is 18.2 Å². The van der Waals surface area contributed by atoms with Gasteiger partial charge in [0.15, 0.2) is 0 Å². The van der Waals surface area contributed by atoms with Gasteiger partial charge in [-0.1, -0.05) is 41.4 Å². The lowest BCUT2D eigenvalue weighted by molar-refractivity contribution is -0.144. The van der Waals surface area contributed by atoms with Gasteiger partial charge in [-0.25, -0.2) is 13.1 Å². The van der Waals surface area contributed by atoms with Crippen LogP contribution < -0.4 is 9.46 Å². The maximum Gasteiger partial charge on any atom is 0.307 e. The molecule has 2 rings (SSSR count). The molecular weight excluding hydrogens is 401 g/mol.